The van der Waals surface area contributed by atoms with Crippen molar-refractivity contribution in [3.05, 3.63) is 29.8 Å². The zero-order valence-electron chi connectivity index (χ0n) is 12.4. The predicted molar refractivity (Wildman–Crippen MR) is 80.1 cm³/mol. The van der Waals surface area contributed by atoms with E-state index < -0.39 is 0 Å². The molecule has 1 aliphatic carbocycles. The third-order valence-corrected chi connectivity index (χ3v) is 4.53. The number of rotatable bonds is 4. The molecule has 2 rings (SSSR count). The molecule has 1 saturated carbocycles. The van der Waals surface area contributed by atoms with Crippen LogP contribution >= 0.6 is 0 Å². The third kappa shape index (κ3) is 3.97. The fraction of sp³-hybridized carbons (Fsp3) is 0.647. The van der Waals surface area contributed by atoms with Crippen molar-refractivity contribution in [2.45, 2.75) is 52.6 Å². The van der Waals surface area contributed by atoms with Crippen molar-refractivity contribution in [1.82, 2.24) is 5.32 Å². The van der Waals surface area contributed by atoms with Crippen LogP contribution in [-0.2, 0) is 6.54 Å². The first kappa shape index (κ1) is 14.4. The second kappa shape index (κ2) is 6.42. The molecule has 106 valence electrons. The van der Waals surface area contributed by atoms with Crippen molar-refractivity contribution < 1.29 is 5.11 Å². The lowest BCUT2D eigenvalue weighted by atomic mass is 9.74. The van der Waals surface area contributed by atoms with E-state index in [4.69, 9.17) is 0 Å². The minimum Gasteiger partial charge on any atom is -0.508 e. The van der Waals surface area contributed by atoms with Crippen LogP contribution in [0.25, 0.3) is 0 Å². The van der Waals surface area contributed by atoms with Crippen LogP contribution in [0.5, 0.6) is 5.75 Å². The van der Waals surface area contributed by atoms with Gasteiger partial charge in [-0.05, 0) is 48.3 Å². The highest BCUT2D eigenvalue weighted by Gasteiger charge is 2.30. The zero-order valence-corrected chi connectivity index (χ0v) is 12.4. The summed E-state index contributed by atoms with van der Waals surface area (Å²) in [7, 11) is 0. The van der Waals surface area contributed by atoms with Crippen LogP contribution in [0.4, 0.5) is 0 Å². The van der Waals surface area contributed by atoms with Gasteiger partial charge in [0.05, 0.1) is 0 Å². The summed E-state index contributed by atoms with van der Waals surface area (Å²) in [6, 6.07) is 8.16. The van der Waals surface area contributed by atoms with E-state index in [0.29, 0.717) is 11.8 Å². The number of aromatic hydroxyl groups is 1. The number of nitrogens with one attached hydrogen (secondary N) is 1. The number of phenolic OH excluding ortho intramolecular Hbond substituents is 1. The summed E-state index contributed by atoms with van der Waals surface area (Å²) in [5.41, 5.74) is 1.25. The topological polar surface area (TPSA) is 32.3 Å². The maximum absolute atomic E-state index is 9.30. The van der Waals surface area contributed by atoms with Gasteiger partial charge in [-0.15, -0.1) is 0 Å². The molecule has 0 aliphatic heterocycles. The Bertz CT molecular complexity index is 385. The molecule has 0 radical (unpaired) electrons. The van der Waals surface area contributed by atoms with Gasteiger partial charge in [0.15, 0.2) is 0 Å². The first-order chi connectivity index (χ1) is 9.06. The Morgan fingerprint density at radius 2 is 1.89 bits per heavy atom. The molecular formula is C17H27NO. The van der Waals surface area contributed by atoms with Crippen molar-refractivity contribution in [3.8, 4) is 5.75 Å². The van der Waals surface area contributed by atoms with Crippen LogP contribution < -0.4 is 5.32 Å². The van der Waals surface area contributed by atoms with Crippen LogP contribution in [0.2, 0.25) is 0 Å². The molecule has 3 unspecified atom stereocenters. The molecule has 0 bridgehead atoms. The van der Waals surface area contributed by atoms with Gasteiger partial charge < -0.3 is 10.4 Å². The van der Waals surface area contributed by atoms with E-state index in [2.05, 4.69) is 26.1 Å². The molecule has 0 spiro atoms. The third-order valence-electron chi connectivity index (χ3n) is 4.53. The summed E-state index contributed by atoms with van der Waals surface area (Å²) >= 11 is 0. The second-order valence-corrected chi connectivity index (χ2v) is 6.48. The molecule has 0 saturated heterocycles. The smallest absolute Gasteiger partial charge is 0.115 e. The van der Waals surface area contributed by atoms with Crippen molar-refractivity contribution in [2.75, 3.05) is 0 Å². The normalized spacial score (nSPS) is 27.7. The highest BCUT2D eigenvalue weighted by atomic mass is 16.3. The predicted octanol–water partition coefficient (Wildman–Crippen LogP) is 3.94. The van der Waals surface area contributed by atoms with Gasteiger partial charge in [-0.2, -0.15) is 0 Å². The van der Waals surface area contributed by atoms with Crippen LogP contribution in [0.1, 0.15) is 45.6 Å². The number of hydrogen-bond acceptors (Lipinski definition) is 2. The van der Waals surface area contributed by atoms with Gasteiger partial charge in [-0.25, -0.2) is 0 Å². The molecule has 1 fully saturated rings. The van der Waals surface area contributed by atoms with Gasteiger partial charge in [0.1, 0.15) is 5.75 Å². The molecule has 1 aliphatic rings. The van der Waals surface area contributed by atoms with Gasteiger partial charge in [0, 0.05) is 12.6 Å². The minimum absolute atomic E-state index is 0.343. The average molecular weight is 261 g/mol. The standard InChI is InChI=1S/C17H27NO/c1-12(2)16-9-4-13(3)10-17(16)18-11-14-5-7-15(19)8-6-14/h5-8,12-13,16-19H,4,9-11H2,1-3H3. The van der Waals surface area contributed by atoms with Crippen LogP contribution in [0, 0.1) is 17.8 Å². The summed E-state index contributed by atoms with van der Waals surface area (Å²) in [5.74, 6) is 2.74. The molecule has 2 N–H and O–H groups in total. The first-order valence-corrected chi connectivity index (χ1v) is 7.57. The number of benzene rings is 1. The maximum Gasteiger partial charge on any atom is 0.115 e. The van der Waals surface area contributed by atoms with E-state index in [1.165, 1.54) is 24.8 Å². The molecule has 2 heteroatoms. The Morgan fingerprint density at radius 1 is 1.21 bits per heavy atom. The Labute approximate surface area is 117 Å². The van der Waals surface area contributed by atoms with Gasteiger partial charge in [0.25, 0.3) is 0 Å². The van der Waals surface area contributed by atoms with Gasteiger partial charge in [0.2, 0.25) is 0 Å². The van der Waals surface area contributed by atoms with Crippen molar-refractivity contribution >= 4 is 0 Å². The monoisotopic (exact) mass is 261 g/mol. The number of phenols is 1. The summed E-state index contributed by atoms with van der Waals surface area (Å²) in [5, 5.41) is 13.0. The van der Waals surface area contributed by atoms with E-state index in [1.807, 2.05) is 12.1 Å². The Hall–Kier alpha value is -1.02. The SMILES string of the molecule is CC1CCC(C(C)C)C(NCc2ccc(O)cc2)C1. The summed E-state index contributed by atoms with van der Waals surface area (Å²) in [4.78, 5) is 0. The fourth-order valence-electron chi connectivity index (χ4n) is 3.30. The van der Waals surface area contributed by atoms with E-state index in [1.54, 1.807) is 12.1 Å². The maximum atomic E-state index is 9.30. The van der Waals surface area contributed by atoms with E-state index in [9.17, 15) is 5.11 Å². The second-order valence-electron chi connectivity index (χ2n) is 6.48. The molecule has 0 amide bonds. The Kier molecular flexibility index (Phi) is 4.87. The molecule has 0 heterocycles. The van der Waals surface area contributed by atoms with Crippen LogP contribution in [-0.4, -0.2) is 11.1 Å². The van der Waals surface area contributed by atoms with Gasteiger partial charge >= 0.3 is 0 Å². The summed E-state index contributed by atoms with van der Waals surface area (Å²) in [6.45, 7) is 7.96. The quantitative estimate of drug-likeness (QED) is 0.860. The highest BCUT2D eigenvalue weighted by molar-refractivity contribution is 5.25. The molecular weight excluding hydrogens is 234 g/mol. The van der Waals surface area contributed by atoms with E-state index in [-0.39, 0.29) is 0 Å². The van der Waals surface area contributed by atoms with Gasteiger partial charge in [-0.1, -0.05) is 39.3 Å². The zero-order chi connectivity index (χ0) is 13.8. The molecule has 2 nitrogen and oxygen atoms in total. The molecule has 0 aromatic heterocycles. The largest absolute Gasteiger partial charge is 0.508 e. The summed E-state index contributed by atoms with van der Waals surface area (Å²) in [6.07, 6.45) is 4.02. The van der Waals surface area contributed by atoms with Gasteiger partial charge in [-0.3, -0.25) is 0 Å². The van der Waals surface area contributed by atoms with E-state index in [0.717, 1.165) is 24.3 Å². The Balaban J connectivity index is 1.93. The lowest BCUT2D eigenvalue weighted by molar-refractivity contribution is 0.169. The molecule has 3 atom stereocenters. The summed E-state index contributed by atoms with van der Waals surface area (Å²) < 4.78 is 0. The van der Waals surface area contributed by atoms with Crippen molar-refractivity contribution in [1.29, 1.82) is 0 Å². The van der Waals surface area contributed by atoms with Crippen molar-refractivity contribution in [3.63, 3.8) is 0 Å². The number of hydrogen-bond donors (Lipinski definition) is 2. The van der Waals surface area contributed by atoms with Crippen molar-refractivity contribution in [2.24, 2.45) is 17.8 Å². The molecule has 19 heavy (non-hydrogen) atoms. The first-order valence-electron chi connectivity index (χ1n) is 7.57. The fourth-order valence-corrected chi connectivity index (χ4v) is 3.30. The minimum atomic E-state index is 0.343. The molecule has 1 aromatic carbocycles. The van der Waals surface area contributed by atoms with Crippen LogP contribution in [0.15, 0.2) is 24.3 Å². The Morgan fingerprint density at radius 3 is 2.53 bits per heavy atom. The molecule has 1 aromatic rings. The highest BCUT2D eigenvalue weighted by Crippen LogP contribution is 2.33. The van der Waals surface area contributed by atoms with Crippen LogP contribution in [0.3, 0.4) is 0 Å². The average Bonchev–Trinajstić information content (AvgIpc) is 2.38. The lowest BCUT2D eigenvalue weighted by Crippen LogP contribution is -2.42. The lowest BCUT2D eigenvalue weighted by Gasteiger charge is -2.38. The van der Waals surface area contributed by atoms with E-state index >= 15 is 0 Å².